The van der Waals surface area contributed by atoms with Crippen LogP contribution in [0.1, 0.15) is 16.8 Å². The zero-order chi connectivity index (χ0) is 14.2. The SMILES string of the molecule is O=C(O)[C@@H]1CC(O)CN1C(=O)c1ccc(Br)cc1Br. The zero-order valence-corrected chi connectivity index (χ0v) is 12.9. The lowest BCUT2D eigenvalue weighted by Crippen LogP contribution is -2.40. The molecule has 1 aromatic rings. The summed E-state index contributed by atoms with van der Waals surface area (Å²) < 4.78 is 1.39. The number of hydrogen-bond donors (Lipinski definition) is 2. The van der Waals surface area contributed by atoms with Gasteiger partial charge in [-0.2, -0.15) is 0 Å². The summed E-state index contributed by atoms with van der Waals surface area (Å²) in [7, 11) is 0. The van der Waals surface area contributed by atoms with E-state index in [2.05, 4.69) is 31.9 Å². The number of carbonyl (C=O) groups is 2. The van der Waals surface area contributed by atoms with E-state index >= 15 is 0 Å². The van der Waals surface area contributed by atoms with Crippen LogP contribution in [0.4, 0.5) is 0 Å². The van der Waals surface area contributed by atoms with Crippen molar-refractivity contribution in [1.29, 1.82) is 0 Å². The third-order valence-corrected chi connectivity index (χ3v) is 4.14. The topological polar surface area (TPSA) is 77.8 Å². The van der Waals surface area contributed by atoms with Gasteiger partial charge in [0.15, 0.2) is 0 Å². The predicted molar refractivity (Wildman–Crippen MR) is 74.9 cm³/mol. The molecule has 1 amide bonds. The van der Waals surface area contributed by atoms with Crippen molar-refractivity contribution in [3.63, 3.8) is 0 Å². The fraction of sp³-hybridized carbons (Fsp3) is 0.333. The van der Waals surface area contributed by atoms with Crippen molar-refractivity contribution in [2.75, 3.05) is 6.54 Å². The number of likely N-dealkylation sites (tertiary alicyclic amines) is 1. The molecule has 0 saturated carbocycles. The molecule has 5 nitrogen and oxygen atoms in total. The smallest absolute Gasteiger partial charge is 0.326 e. The Hall–Kier alpha value is -0.920. The fourth-order valence-corrected chi connectivity index (χ4v) is 3.31. The zero-order valence-electron chi connectivity index (χ0n) is 9.72. The monoisotopic (exact) mass is 391 g/mol. The summed E-state index contributed by atoms with van der Waals surface area (Å²) in [4.78, 5) is 24.6. The lowest BCUT2D eigenvalue weighted by atomic mass is 10.1. The summed E-state index contributed by atoms with van der Waals surface area (Å²) >= 11 is 6.56. The van der Waals surface area contributed by atoms with Gasteiger partial charge in [0.1, 0.15) is 6.04 Å². The molecule has 1 unspecified atom stereocenters. The maximum atomic E-state index is 12.3. The number of rotatable bonds is 2. The molecular formula is C12H11Br2NO4. The Bertz CT molecular complexity index is 534. The largest absolute Gasteiger partial charge is 0.480 e. The average molecular weight is 393 g/mol. The molecule has 0 spiro atoms. The second-order valence-corrected chi connectivity index (χ2v) is 6.10. The van der Waals surface area contributed by atoms with Gasteiger partial charge in [-0.1, -0.05) is 15.9 Å². The summed E-state index contributed by atoms with van der Waals surface area (Å²) in [6.45, 7) is 0.0400. The normalized spacial score (nSPS) is 22.6. The number of nitrogens with zero attached hydrogens (tertiary/aromatic N) is 1. The van der Waals surface area contributed by atoms with E-state index in [0.717, 1.165) is 4.47 Å². The number of β-amino-alcohol motifs (C(OH)–C–C–N with tert-alkyl or cyclic N) is 1. The second-order valence-electron chi connectivity index (χ2n) is 4.33. The quantitative estimate of drug-likeness (QED) is 0.805. The van der Waals surface area contributed by atoms with Crippen molar-refractivity contribution < 1.29 is 19.8 Å². The summed E-state index contributed by atoms with van der Waals surface area (Å²) in [6.07, 6.45) is -0.728. The summed E-state index contributed by atoms with van der Waals surface area (Å²) in [6, 6.07) is 4.06. The first-order chi connectivity index (χ1) is 8.90. The van der Waals surface area contributed by atoms with Crippen molar-refractivity contribution >= 4 is 43.7 Å². The van der Waals surface area contributed by atoms with Gasteiger partial charge in [-0.25, -0.2) is 4.79 Å². The minimum absolute atomic E-state index is 0.0400. The van der Waals surface area contributed by atoms with Gasteiger partial charge in [0.2, 0.25) is 0 Å². The number of benzene rings is 1. The number of carboxylic acid groups (broad SMARTS) is 1. The number of amides is 1. The van der Waals surface area contributed by atoms with Gasteiger partial charge in [-0.05, 0) is 34.1 Å². The molecule has 1 heterocycles. The van der Waals surface area contributed by atoms with Crippen LogP contribution in [0, 0.1) is 0 Å². The van der Waals surface area contributed by atoms with E-state index in [4.69, 9.17) is 5.11 Å². The van der Waals surface area contributed by atoms with E-state index in [1.165, 1.54) is 4.90 Å². The Morgan fingerprint density at radius 2 is 2.00 bits per heavy atom. The van der Waals surface area contributed by atoms with Crippen molar-refractivity contribution in [3.8, 4) is 0 Å². The molecule has 102 valence electrons. The van der Waals surface area contributed by atoms with Gasteiger partial charge in [0.25, 0.3) is 5.91 Å². The van der Waals surface area contributed by atoms with E-state index < -0.39 is 24.0 Å². The maximum Gasteiger partial charge on any atom is 0.326 e. The Labute approximate surface area is 126 Å². The van der Waals surface area contributed by atoms with Gasteiger partial charge in [0.05, 0.1) is 11.7 Å². The third kappa shape index (κ3) is 2.98. The molecule has 1 saturated heterocycles. The second kappa shape index (κ2) is 5.60. The number of aliphatic hydroxyl groups is 1. The molecule has 2 rings (SSSR count). The number of aliphatic hydroxyl groups excluding tert-OH is 1. The average Bonchev–Trinajstić information content (AvgIpc) is 2.70. The highest BCUT2D eigenvalue weighted by Gasteiger charge is 2.39. The fourth-order valence-electron chi connectivity index (χ4n) is 2.09. The van der Waals surface area contributed by atoms with Crippen molar-refractivity contribution in [3.05, 3.63) is 32.7 Å². The van der Waals surface area contributed by atoms with Gasteiger partial charge < -0.3 is 15.1 Å². The highest BCUT2D eigenvalue weighted by molar-refractivity contribution is 9.11. The van der Waals surface area contributed by atoms with Crippen molar-refractivity contribution in [2.45, 2.75) is 18.6 Å². The molecule has 0 radical (unpaired) electrons. The van der Waals surface area contributed by atoms with E-state index in [-0.39, 0.29) is 13.0 Å². The third-order valence-electron chi connectivity index (χ3n) is 2.99. The molecule has 19 heavy (non-hydrogen) atoms. The summed E-state index contributed by atoms with van der Waals surface area (Å²) in [5.74, 6) is -1.50. The number of carbonyl (C=O) groups excluding carboxylic acids is 1. The summed E-state index contributed by atoms with van der Waals surface area (Å²) in [5.41, 5.74) is 0.378. The van der Waals surface area contributed by atoms with Crippen LogP contribution < -0.4 is 0 Å². The first-order valence-corrected chi connectivity index (χ1v) is 7.15. The van der Waals surface area contributed by atoms with E-state index in [1.54, 1.807) is 18.2 Å². The van der Waals surface area contributed by atoms with Crippen LogP contribution >= 0.6 is 31.9 Å². The van der Waals surface area contributed by atoms with Crippen LogP contribution in [0.25, 0.3) is 0 Å². The van der Waals surface area contributed by atoms with Crippen molar-refractivity contribution in [1.82, 2.24) is 4.90 Å². The number of hydrogen-bond acceptors (Lipinski definition) is 3. The van der Waals surface area contributed by atoms with Crippen LogP contribution in [0.2, 0.25) is 0 Å². The first-order valence-electron chi connectivity index (χ1n) is 5.57. The highest BCUT2D eigenvalue weighted by Crippen LogP contribution is 2.26. The Kier molecular flexibility index (Phi) is 4.27. The van der Waals surface area contributed by atoms with E-state index in [0.29, 0.717) is 10.0 Å². The molecule has 7 heteroatoms. The molecule has 0 aromatic heterocycles. The van der Waals surface area contributed by atoms with Gasteiger partial charge in [0, 0.05) is 21.9 Å². The lowest BCUT2D eigenvalue weighted by molar-refractivity contribution is -0.141. The molecule has 1 fully saturated rings. The molecule has 1 aromatic carbocycles. The van der Waals surface area contributed by atoms with E-state index in [9.17, 15) is 14.7 Å². The maximum absolute atomic E-state index is 12.3. The van der Waals surface area contributed by atoms with Gasteiger partial charge in [-0.3, -0.25) is 4.79 Å². The summed E-state index contributed by atoms with van der Waals surface area (Å²) in [5, 5.41) is 18.6. The molecule has 2 atom stereocenters. The highest BCUT2D eigenvalue weighted by atomic mass is 79.9. The van der Waals surface area contributed by atoms with Gasteiger partial charge in [-0.15, -0.1) is 0 Å². The van der Waals surface area contributed by atoms with Crippen LogP contribution in [0.15, 0.2) is 27.1 Å². The standard InChI is InChI=1S/C12H11Br2NO4/c13-6-1-2-8(9(14)3-6)11(17)15-5-7(16)4-10(15)12(18)19/h1-3,7,10,16H,4-5H2,(H,18,19)/t7?,10-/m0/s1. The first kappa shape index (κ1) is 14.5. The Morgan fingerprint density at radius 1 is 1.32 bits per heavy atom. The molecule has 1 aliphatic heterocycles. The van der Waals surface area contributed by atoms with Gasteiger partial charge >= 0.3 is 5.97 Å². The van der Waals surface area contributed by atoms with Crippen LogP contribution in [0.5, 0.6) is 0 Å². The molecular weight excluding hydrogens is 382 g/mol. The Balaban J connectivity index is 2.30. The predicted octanol–water partition coefficient (Wildman–Crippen LogP) is 1.87. The minimum Gasteiger partial charge on any atom is -0.480 e. The molecule has 0 bridgehead atoms. The number of carboxylic acids is 1. The molecule has 2 N–H and O–H groups in total. The van der Waals surface area contributed by atoms with E-state index in [1.807, 2.05) is 0 Å². The van der Waals surface area contributed by atoms with Crippen LogP contribution in [0.3, 0.4) is 0 Å². The molecule has 1 aliphatic rings. The van der Waals surface area contributed by atoms with Crippen LogP contribution in [-0.4, -0.2) is 45.7 Å². The van der Waals surface area contributed by atoms with Crippen LogP contribution in [-0.2, 0) is 4.79 Å². The Morgan fingerprint density at radius 3 is 2.58 bits per heavy atom. The molecule has 0 aliphatic carbocycles. The lowest BCUT2D eigenvalue weighted by Gasteiger charge is -2.21. The number of aliphatic carboxylic acids is 1. The number of halogens is 2. The van der Waals surface area contributed by atoms with Crippen molar-refractivity contribution in [2.24, 2.45) is 0 Å². The minimum atomic E-state index is -1.10.